The minimum absolute atomic E-state index is 0.00162. The molecule has 4 rings (SSSR count). The number of aromatic nitrogens is 4. The molecular weight excluding hydrogens is 548 g/mol. The summed E-state index contributed by atoms with van der Waals surface area (Å²) in [5.74, 6) is -0.753. The summed E-state index contributed by atoms with van der Waals surface area (Å²) in [5.41, 5.74) is 0.980. The van der Waals surface area contributed by atoms with Crippen molar-refractivity contribution in [2.45, 2.75) is 33.4 Å². The van der Waals surface area contributed by atoms with Crippen molar-refractivity contribution in [3.63, 3.8) is 0 Å². The second-order valence-corrected chi connectivity index (χ2v) is 9.93. The summed E-state index contributed by atoms with van der Waals surface area (Å²) in [5, 5.41) is 15.2. The third-order valence-electron chi connectivity index (χ3n) is 6.63. The van der Waals surface area contributed by atoms with Gasteiger partial charge in [-0.3, -0.25) is 19.2 Å². The largest absolute Gasteiger partial charge is 0.493 e. The van der Waals surface area contributed by atoms with Gasteiger partial charge in [0.15, 0.2) is 17.2 Å². The van der Waals surface area contributed by atoms with Gasteiger partial charge in [0.05, 0.1) is 26.7 Å². The molecule has 3 heterocycles. The van der Waals surface area contributed by atoms with E-state index in [1.54, 1.807) is 25.3 Å². The maximum Gasteiger partial charge on any atom is 0.275 e. The molecule has 3 N–H and O–H groups in total. The van der Waals surface area contributed by atoms with Crippen molar-refractivity contribution < 1.29 is 33.3 Å². The molecule has 0 spiro atoms. The minimum atomic E-state index is -0.828. The molecule has 0 radical (unpaired) electrons. The number of benzene rings is 1. The normalized spacial score (nSPS) is 16.5. The van der Waals surface area contributed by atoms with Crippen LogP contribution >= 0.6 is 0 Å². The molecule has 42 heavy (non-hydrogen) atoms. The lowest BCUT2D eigenvalue weighted by Crippen LogP contribution is -2.53. The van der Waals surface area contributed by atoms with E-state index in [0.717, 1.165) is 5.56 Å². The van der Waals surface area contributed by atoms with Gasteiger partial charge in [-0.1, -0.05) is 19.0 Å². The molecule has 2 bridgehead atoms. The number of hydrogen-bond acceptors (Lipinski definition) is 10. The zero-order valence-electron chi connectivity index (χ0n) is 23.9. The predicted octanol–water partition coefficient (Wildman–Crippen LogP) is 0.158. The molecule has 3 aromatic rings. The van der Waals surface area contributed by atoms with Crippen molar-refractivity contribution in [1.29, 1.82) is 0 Å². The lowest BCUT2D eigenvalue weighted by atomic mass is 10.0. The number of methoxy groups -OCH3 is 1. The first-order valence-electron chi connectivity index (χ1n) is 13.4. The van der Waals surface area contributed by atoms with E-state index in [2.05, 4.69) is 35.9 Å². The second kappa shape index (κ2) is 13.6. The molecule has 15 heteroatoms. The third-order valence-corrected chi connectivity index (χ3v) is 6.63. The zero-order valence-corrected chi connectivity index (χ0v) is 23.9. The van der Waals surface area contributed by atoms with Gasteiger partial charge in [0.2, 0.25) is 17.7 Å². The Bertz CT molecular complexity index is 1430. The second-order valence-electron chi connectivity index (χ2n) is 9.93. The van der Waals surface area contributed by atoms with Crippen LogP contribution in [0.4, 0.5) is 0 Å². The number of ether oxygens (including phenoxy) is 2. The summed E-state index contributed by atoms with van der Waals surface area (Å²) in [6.45, 7) is 5.11. The molecule has 15 nitrogen and oxygen atoms in total. The van der Waals surface area contributed by atoms with E-state index < -0.39 is 30.3 Å². The highest BCUT2D eigenvalue weighted by Crippen LogP contribution is 2.32. The van der Waals surface area contributed by atoms with Crippen LogP contribution in [0.1, 0.15) is 30.0 Å². The molecular formula is C27H34N8O7. The molecule has 1 aromatic carbocycles. The Kier molecular flexibility index (Phi) is 9.73. The Morgan fingerprint density at radius 3 is 2.74 bits per heavy atom. The fourth-order valence-corrected chi connectivity index (χ4v) is 4.36. The number of carbonyl (C=O) groups is 4. The quantitative estimate of drug-likeness (QED) is 0.375. The van der Waals surface area contributed by atoms with Crippen molar-refractivity contribution in [2.24, 2.45) is 5.92 Å². The Labute approximate surface area is 241 Å². The number of carbonyl (C=O) groups excluding carboxylic acids is 4. The summed E-state index contributed by atoms with van der Waals surface area (Å²) in [7, 11) is 1.51. The molecule has 0 saturated heterocycles. The van der Waals surface area contributed by atoms with Crippen LogP contribution in [0.15, 0.2) is 35.2 Å². The summed E-state index contributed by atoms with van der Waals surface area (Å²) in [4.78, 5) is 57.4. The fourth-order valence-electron chi connectivity index (χ4n) is 4.36. The Hall–Kier alpha value is -4.95. The SMILES string of the molecule is COc1ccc2cc1OCCN(C(=O)CNC(=O)c1nonc1C)CC(=O)N[C@H](C(C)C)C(=O)NCCn1ccnc1-2. The van der Waals surface area contributed by atoms with E-state index in [1.807, 2.05) is 30.7 Å². The molecule has 0 unspecified atom stereocenters. The average Bonchev–Trinajstić information content (AvgIpc) is 3.62. The van der Waals surface area contributed by atoms with Gasteiger partial charge < -0.3 is 34.9 Å². The van der Waals surface area contributed by atoms with Crippen LogP contribution in [0.5, 0.6) is 11.5 Å². The fraction of sp³-hybridized carbons (Fsp3) is 0.444. The molecule has 1 aliphatic heterocycles. The molecule has 1 atom stereocenters. The summed E-state index contributed by atoms with van der Waals surface area (Å²) >= 11 is 0. The molecule has 1 aliphatic rings. The third kappa shape index (κ3) is 7.21. The maximum atomic E-state index is 13.2. The number of nitrogens with one attached hydrogen (secondary N) is 3. The lowest BCUT2D eigenvalue weighted by Gasteiger charge is -2.26. The standard InChI is InChI=1S/C27H34N8O7/c1-16(2)23-26(38)29-8-10-34-9-7-28-25(34)18-5-6-19(40-4)20(13-18)41-12-11-35(15-21(36)31-23)22(37)14-30-27(39)24-17(3)32-42-33-24/h5-7,9,13,16,23H,8,10-12,14-15H2,1-4H3,(H,29,38)(H,30,39)(H,31,36)/t23-/m1/s1. The van der Waals surface area contributed by atoms with E-state index in [1.165, 1.54) is 12.0 Å². The summed E-state index contributed by atoms with van der Waals surface area (Å²) < 4.78 is 17.9. The van der Waals surface area contributed by atoms with E-state index in [-0.39, 0.29) is 42.9 Å². The monoisotopic (exact) mass is 582 g/mol. The van der Waals surface area contributed by atoms with Crippen LogP contribution in [0.2, 0.25) is 0 Å². The highest BCUT2D eigenvalue weighted by Gasteiger charge is 2.27. The Morgan fingerprint density at radius 1 is 1.21 bits per heavy atom. The average molecular weight is 583 g/mol. The molecule has 4 amide bonds. The van der Waals surface area contributed by atoms with Gasteiger partial charge in [-0.15, -0.1) is 0 Å². The molecule has 2 aromatic heterocycles. The smallest absolute Gasteiger partial charge is 0.275 e. The number of rotatable bonds is 5. The molecule has 224 valence electrons. The van der Waals surface area contributed by atoms with E-state index in [4.69, 9.17) is 9.47 Å². The van der Waals surface area contributed by atoms with E-state index in [9.17, 15) is 19.2 Å². The van der Waals surface area contributed by atoms with Crippen LogP contribution in [-0.4, -0.2) is 94.3 Å². The highest BCUT2D eigenvalue weighted by molar-refractivity contribution is 5.96. The van der Waals surface area contributed by atoms with Gasteiger partial charge in [0.25, 0.3) is 5.91 Å². The first kappa shape index (κ1) is 30.0. The van der Waals surface area contributed by atoms with Crippen molar-refractivity contribution in [2.75, 3.05) is 39.9 Å². The Balaban J connectivity index is 1.58. The first-order valence-corrected chi connectivity index (χ1v) is 13.4. The van der Waals surface area contributed by atoms with Crippen molar-refractivity contribution in [3.05, 3.63) is 42.0 Å². The topological polar surface area (TPSA) is 183 Å². The van der Waals surface area contributed by atoms with Crippen LogP contribution in [0.3, 0.4) is 0 Å². The number of amides is 4. The highest BCUT2D eigenvalue weighted by atomic mass is 16.6. The molecule has 0 aliphatic carbocycles. The zero-order chi connectivity index (χ0) is 30.2. The number of aryl methyl sites for hydroxylation is 1. The summed E-state index contributed by atoms with van der Waals surface area (Å²) in [6, 6.07) is 4.54. The van der Waals surface area contributed by atoms with Crippen LogP contribution < -0.4 is 25.4 Å². The van der Waals surface area contributed by atoms with Crippen molar-refractivity contribution in [3.8, 4) is 22.9 Å². The van der Waals surface area contributed by atoms with Crippen molar-refractivity contribution in [1.82, 2.24) is 40.7 Å². The Morgan fingerprint density at radius 2 is 2.02 bits per heavy atom. The van der Waals surface area contributed by atoms with Gasteiger partial charge in [-0.05, 0) is 36.2 Å². The predicted molar refractivity (Wildman–Crippen MR) is 147 cm³/mol. The lowest BCUT2D eigenvalue weighted by molar-refractivity contribution is -0.137. The summed E-state index contributed by atoms with van der Waals surface area (Å²) in [6.07, 6.45) is 3.48. The van der Waals surface area contributed by atoms with Gasteiger partial charge in [0.1, 0.15) is 24.2 Å². The van der Waals surface area contributed by atoms with E-state index in [0.29, 0.717) is 30.4 Å². The van der Waals surface area contributed by atoms with Crippen LogP contribution in [0, 0.1) is 12.8 Å². The van der Waals surface area contributed by atoms with Gasteiger partial charge >= 0.3 is 0 Å². The number of hydrogen-bond donors (Lipinski definition) is 3. The van der Waals surface area contributed by atoms with Crippen LogP contribution in [0.25, 0.3) is 11.4 Å². The van der Waals surface area contributed by atoms with Gasteiger partial charge in [-0.2, -0.15) is 0 Å². The minimum Gasteiger partial charge on any atom is -0.493 e. The van der Waals surface area contributed by atoms with Gasteiger partial charge in [0, 0.05) is 31.0 Å². The molecule has 0 saturated carbocycles. The number of imidazole rings is 1. The van der Waals surface area contributed by atoms with Crippen LogP contribution in [-0.2, 0) is 20.9 Å². The van der Waals surface area contributed by atoms with Crippen molar-refractivity contribution >= 4 is 23.6 Å². The number of fused-ring (bicyclic) bond motifs is 4. The van der Waals surface area contributed by atoms with E-state index >= 15 is 0 Å². The maximum absolute atomic E-state index is 13.2. The first-order chi connectivity index (χ1) is 20.2. The molecule has 0 fully saturated rings. The number of nitrogens with zero attached hydrogens (tertiary/aromatic N) is 5. The van der Waals surface area contributed by atoms with Gasteiger partial charge in [-0.25, -0.2) is 9.61 Å².